The monoisotopic (exact) mass is 291 g/mol. The fraction of sp³-hybridized carbons (Fsp3) is 0.273. The Balaban J connectivity index is 2.15. The van der Waals surface area contributed by atoms with Gasteiger partial charge in [-0.3, -0.25) is 14.9 Å². The van der Waals surface area contributed by atoms with E-state index >= 15 is 0 Å². The van der Waals surface area contributed by atoms with E-state index in [0.717, 1.165) is 23.7 Å². The maximum Gasteiger partial charge on any atom is 0.363 e. The molecule has 0 radical (unpaired) electrons. The van der Waals surface area contributed by atoms with Crippen molar-refractivity contribution in [3.63, 3.8) is 0 Å². The summed E-state index contributed by atoms with van der Waals surface area (Å²) in [5.41, 5.74) is -1.89. The first-order chi connectivity index (χ1) is 9.99. The van der Waals surface area contributed by atoms with Crippen LogP contribution in [0.5, 0.6) is 0 Å². The molecule has 10 heteroatoms. The molecule has 0 saturated heterocycles. The molecule has 2 heterocycles. The molecule has 1 aliphatic rings. The smallest absolute Gasteiger partial charge is 0.363 e. The molecule has 2 aromatic rings. The molecular formula is C11H9N5O5. The second-order valence-electron chi connectivity index (χ2n) is 4.56. The minimum atomic E-state index is -1.54. The third-order valence-corrected chi connectivity index (χ3v) is 3.10. The highest BCUT2D eigenvalue weighted by molar-refractivity contribution is 5.89. The van der Waals surface area contributed by atoms with E-state index in [9.17, 15) is 19.7 Å². The molecule has 10 nitrogen and oxygen atoms in total. The lowest BCUT2D eigenvalue weighted by atomic mass is 10.4. The van der Waals surface area contributed by atoms with Crippen molar-refractivity contribution >= 4 is 11.7 Å². The molecule has 0 aliphatic heterocycles. The Labute approximate surface area is 116 Å². The second kappa shape index (κ2) is 4.51. The molecule has 1 N–H and O–H groups in total. The van der Waals surface area contributed by atoms with Gasteiger partial charge in [-0.05, 0) is 12.8 Å². The van der Waals surface area contributed by atoms with Gasteiger partial charge in [0.2, 0.25) is 11.5 Å². The van der Waals surface area contributed by atoms with Gasteiger partial charge in [0, 0.05) is 18.4 Å². The Hall–Kier alpha value is -3.04. The van der Waals surface area contributed by atoms with E-state index in [-0.39, 0.29) is 11.9 Å². The molecule has 0 spiro atoms. The molecule has 0 aromatic carbocycles. The lowest BCUT2D eigenvalue weighted by molar-refractivity contribution is -0.385. The van der Waals surface area contributed by atoms with Crippen LogP contribution in [0, 0.1) is 10.1 Å². The van der Waals surface area contributed by atoms with Crippen molar-refractivity contribution in [3.8, 4) is 5.82 Å². The topological polar surface area (TPSA) is 133 Å². The van der Waals surface area contributed by atoms with Gasteiger partial charge in [0.1, 0.15) is 6.20 Å². The van der Waals surface area contributed by atoms with Crippen LogP contribution in [0.25, 0.3) is 5.82 Å². The van der Waals surface area contributed by atoms with E-state index in [0.29, 0.717) is 0 Å². The zero-order valence-corrected chi connectivity index (χ0v) is 10.5. The lowest BCUT2D eigenvalue weighted by Gasteiger charge is -2.04. The molecule has 1 saturated carbocycles. The van der Waals surface area contributed by atoms with E-state index in [1.165, 1.54) is 17.0 Å². The summed E-state index contributed by atoms with van der Waals surface area (Å²) in [7, 11) is 0. The number of carbonyl (C=O) groups is 1. The molecule has 0 bridgehead atoms. The minimum Gasteiger partial charge on any atom is -0.476 e. The van der Waals surface area contributed by atoms with Gasteiger partial charge in [0.15, 0.2) is 0 Å². The van der Waals surface area contributed by atoms with Crippen molar-refractivity contribution < 1.29 is 14.8 Å². The molecule has 1 aliphatic carbocycles. The molecular weight excluding hydrogens is 282 g/mol. The van der Waals surface area contributed by atoms with Crippen molar-refractivity contribution in [2.45, 2.75) is 18.9 Å². The summed E-state index contributed by atoms with van der Waals surface area (Å²) >= 11 is 0. The number of carboxylic acid groups (broad SMARTS) is 1. The van der Waals surface area contributed by atoms with Gasteiger partial charge in [-0.25, -0.2) is 14.5 Å². The summed E-state index contributed by atoms with van der Waals surface area (Å²) in [6, 6.07) is 0.101. The van der Waals surface area contributed by atoms with Crippen LogP contribution in [-0.4, -0.2) is 35.3 Å². The Morgan fingerprint density at radius 1 is 1.48 bits per heavy atom. The first kappa shape index (κ1) is 13.0. The van der Waals surface area contributed by atoms with Gasteiger partial charge in [0.25, 0.3) is 5.56 Å². The quantitative estimate of drug-likeness (QED) is 0.635. The fourth-order valence-electron chi connectivity index (χ4n) is 1.97. The Morgan fingerprint density at radius 3 is 2.71 bits per heavy atom. The number of nitrogens with zero attached hydrogens (tertiary/aromatic N) is 5. The first-order valence-corrected chi connectivity index (χ1v) is 6.04. The second-order valence-corrected chi connectivity index (χ2v) is 4.56. The maximum absolute atomic E-state index is 12.2. The van der Waals surface area contributed by atoms with Crippen LogP contribution < -0.4 is 5.56 Å². The summed E-state index contributed by atoms with van der Waals surface area (Å²) in [5, 5.41) is 23.3. The van der Waals surface area contributed by atoms with Crippen LogP contribution in [0.3, 0.4) is 0 Å². The molecule has 1 fully saturated rings. The summed E-state index contributed by atoms with van der Waals surface area (Å²) in [4.78, 5) is 37.0. The van der Waals surface area contributed by atoms with E-state index in [2.05, 4.69) is 10.1 Å². The normalized spacial score (nSPS) is 14.1. The standard InChI is InChI=1S/C11H9N5O5/c17-10-9(12-3-4-14(10)6-1-2-6)15-5-7(16(20)21)8(13-15)11(18)19/h3-6H,1-2H2,(H,18,19). The highest BCUT2D eigenvalue weighted by Crippen LogP contribution is 2.33. The summed E-state index contributed by atoms with van der Waals surface area (Å²) in [6.07, 6.45) is 5.54. The van der Waals surface area contributed by atoms with Gasteiger partial charge in [-0.2, -0.15) is 5.10 Å². The lowest BCUT2D eigenvalue weighted by Crippen LogP contribution is -2.25. The first-order valence-electron chi connectivity index (χ1n) is 6.04. The number of aromatic nitrogens is 4. The van der Waals surface area contributed by atoms with Gasteiger partial charge in [-0.15, -0.1) is 0 Å². The SMILES string of the molecule is O=C(O)c1nn(-c2nccn(C3CC3)c2=O)cc1[N+](=O)[O-]. The summed E-state index contributed by atoms with van der Waals surface area (Å²) in [6.45, 7) is 0. The Kier molecular flexibility index (Phi) is 2.78. The molecule has 0 atom stereocenters. The number of hydrogen-bond acceptors (Lipinski definition) is 6. The highest BCUT2D eigenvalue weighted by atomic mass is 16.6. The van der Waals surface area contributed by atoms with Crippen LogP contribution >= 0.6 is 0 Å². The maximum atomic E-state index is 12.2. The minimum absolute atomic E-state index is 0.101. The van der Waals surface area contributed by atoms with Gasteiger partial charge in [0.05, 0.1) is 4.92 Å². The number of aromatic carboxylic acids is 1. The summed E-state index contributed by atoms with van der Waals surface area (Å²) < 4.78 is 2.30. The predicted octanol–water partition coefficient (Wildman–Crippen LogP) is 0.370. The van der Waals surface area contributed by atoms with Crippen molar-refractivity contribution in [2.75, 3.05) is 0 Å². The number of carboxylic acids is 1. The largest absolute Gasteiger partial charge is 0.476 e. The molecule has 0 unspecified atom stereocenters. The average molecular weight is 291 g/mol. The zero-order chi connectivity index (χ0) is 15.1. The van der Waals surface area contributed by atoms with Crippen molar-refractivity contribution in [2.24, 2.45) is 0 Å². The van der Waals surface area contributed by atoms with Crippen LogP contribution in [-0.2, 0) is 0 Å². The van der Waals surface area contributed by atoms with E-state index in [4.69, 9.17) is 5.11 Å². The van der Waals surface area contributed by atoms with Crippen LogP contribution in [0.4, 0.5) is 5.69 Å². The molecule has 0 amide bonds. The molecule has 21 heavy (non-hydrogen) atoms. The predicted molar refractivity (Wildman–Crippen MR) is 67.5 cm³/mol. The number of hydrogen-bond donors (Lipinski definition) is 1. The van der Waals surface area contributed by atoms with Crippen molar-refractivity contribution in [1.29, 1.82) is 0 Å². The summed E-state index contributed by atoms with van der Waals surface area (Å²) in [5.74, 6) is -1.71. The van der Waals surface area contributed by atoms with Crippen molar-refractivity contribution in [1.82, 2.24) is 19.3 Å². The highest BCUT2D eigenvalue weighted by Gasteiger charge is 2.29. The van der Waals surface area contributed by atoms with Crippen LogP contribution in [0.2, 0.25) is 0 Å². The number of nitro groups is 1. The van der Waals surface area contributed by atoms with E-state index < -0.39 is 27.8 Å². The zero-order valence-electron chi connectivity index (χ0n) is 10.5. The molecule has 108 valence electrons. The Bertz CT molecular complexity index is 772. The van der Waals surface area contributed by atoms with Gasteiger partial charge < -0.3 is 9.67 Å². The molecule has 2 aromatic heterocycles. The third kappa shape index (κ3) is 2.16. The van der Waals surface area contributed by atoms with Crippen molar-refractivity contribution in [3.05, 3.63) is 44.8 Å². The van der Waals surface area contributed by atoms with E-state index in [1.807, 2.05) is 0 Å². The van der Waals surface area contributed by atoms with Gasteiger partial charge >= 0.3 is 11.7 Å². The Morgan fingerprint density at radius 2 is 2.19 bits per heavy atom. The van der Waals surface area contributed by atoms with Crippen LogP contribution in [0.1, 0.15) is 29.4 Å². The van der Waals surface area contributed by atoms with Crippen LogP contribution in [0.15, 0.2) is 23.4 Å². The van der Waals surface area contributed by atoms with E-state index in [1.54, 1.807) is 0 Å². The fourth-order valence-corrected chi connectivity index (χ4v) is 1.97. The average Bonchev–Trinajstić information content (AvgIpc) is 3.16. The van der Waals surface area contributed by atoms with Gasteiger partial charge in [-0.1, -0.05) is 0 Å². The molecule has 3 rings (SSSR count). The third-order valence-electron chi connectivity index (χ3n) is 3.10. The number of rotatable bonds is 4.